The lowest BCUT2D eigenvalue weighted by atomic mass is 10.2. The molecule has 54 valence electrons. The van der Waals surface area contributed by atoms with Gasteiger partial charge < -0.3 is 0 Å². The Morgan fingerprint density at radius 1 is 1.30 bits per heavy atom. The Hall–Kier alpha value is 0.910. The van der Waals surface area contributed by atoms with Crippen LogP contribution in [0.3, 0.4) is 0 Å². The van der Waals surface area contributed by atoms with Gasteiger partial charge in [0.25, 0.3) is 0 Å². The van der Waals surface area contributed by atoms with Crippen molar-refractivity contribution in [3.8, 4) is 0 Å². The van der Waals surface area contributed by atoms with Gasteiger partial charge in [-0.3, -0.25) is 0 Å². The Balaban J connectivity index is 3.06. The fourth-order valence-corrected chi connectivity index (χ4v) is 2.72. The summed E-state index contributed by atoms with van der Waals surface area (Å²) in [6.45, 7) is 0. The summed E-state index contributed by atoms with van der Waals surface area (Å²) in [7, 11) is 0. The monoisotopic (exact) mass is 374 g/mol. The molecule has 0 saturated carbocycles. The molecule has 0 nitrogen and oxygen atoms in total. The second kappa shape index (κ2) is 4.07. The van der Waals surface area contributed by atoms with Crippen LogP contribution in [-0.4, -0.2) is 0 Å². The number of halogens is 3. The normalized spacial score (nSPS) is 9.90. The van der Waals surface area contributed by atoms with Crippen LogP contribution < -0.4 is 0 Å². The van der Waals surface area contributed by atoms with Gasteiger partial charge in [-0.25, -0.2) is 0 Å². The van der Waals surface area contributed by atoms with Crippen LogP contribution >= 0.6 is 54.5 Å². The van der Waals surface area contributed by atoms with E-state index < -0.39 is 0 Å². The van der Waals surface area contributed by atoms with E-state index in [4.69, 9.17) is 0 Å². The van der Waals surface area contributed by atoms with Gasteiger partial charge >= 0.3 is 0 Å². The molecular formula is C7H5Br2I. The molecule has 1 rings (SSSR count). The highest BCUT2D eigenvalue weighted by atomic mass is 127. The van der Waals surface area contributed by atoms with Gasteiger partial charge in [-0.1, -0.05) is 31.9 Å². The van der Waals surface area contributed by atoms with Gasteiger partial charge in [-0.2, -0.15) is 0 Å². The summed E-state index contributed by atoms with van der Waals surface area (Å²) in [5.41, 5.74) is 1.30. The molecule has 1 aromatic carbocycles. The van der Waals surface area contributed by atoms with E-state index in [9.17, 15) is 0 Å². The largest absolute Gasteiger partial charge is 0.0876 e. The summed E-state index contributed by atoms with van der Waals surface area (Å²) in [6.07, 6.45) is 0. The van der Waals surface area contributed by atoms with Gasteiger partial charge in [0.2, 0.25) is 0 Å². The Kier molecular flexibility index (Phi) is 3.66. The molecule has 0 aromatic heterocycles. The van der Waals surface area contributed by atoms with Crippen molar-refractivity contribution in [2.75, 3.05) is 0 Å². The molecule has 0 atom stereocenters. The van der Waals surface area contributed by atoms with Gasteiger partial charge in [-0.15, -0.1) is 0 Å². The highest BCUT2D eigenvalue weighted by molar-refractivity contribution is 14.1. The van der Waals surface area contributed by atoms with E-state index in [1.165, 1.54) is 9.13 Å². The highest BCUT2D eigenvalue weighted by Gasteiger charge is 1.94. The summed E-state index contributed by atoms with van der Waals surface area (Å²) in [5, 5.41) is 0.919. The van der Waals surface area contributed by atoms with Crippen LogP contribution in [0.1, 0.15) is 5.56 Å². The minimum atomic E-state index is 0.919. The molecule has 0 amide bonds. The van der Waals surface area contributed by atoms with E-state index in [0.29, 0.717) is 0 Å². The van der Waals surface area contributed by atoms with Gasteiger partial charge in [-0.05, 0) is 46.4 Å². The molecule has 0 unspecified atom stereocenters. The summed E-state index contributed by atoms with van der Waals surface area (Å²) >= 11 is 9.13. The third-order valence-corrected chi connectivity index (χ3v) is 2.80. The molecule has 0 aliphatic rings. The maximum absolute atomic E-state index is 3.43. The van der Waals surface area contributed by atoms with Crippen molar-refractivity contribution in [1.29, 1.82) is 0 Å². The first kappa shape index (κ1) is 9.00. The first-order valence-electron chi connectivity index (χ1n) is 2.73. The predicted molar refractivity (Wildman–Crippen MR) is 59.5 cm³/mol. The number of hydrogen-bond donors (Lipinski definition) is 0. The smallest absolute Gasteiger partial charge is 0.0283 e. The molecule has 0 bridgehead atoms. The maximum atomic E-state index is 3.43. The van der Waals surface area contributed by atoms with E-state index in [1.807, 2.05) is 0 Å². The molecule has 1 aromatic rings. The van der Waals surface area contributed by atoms with Crippen LogP contribution in [0.5, 0.6) is 0 Å². The molecular weight excluding hydrogens is 371 g/mol. The second-order valence-corrected chi connectivity index (χ2v) is 4.63. The van der Waals surface area contributed by atoms with E-state index in [0.717, 1.165) is 9.80 Å². The quantitative estimate of drug-likeness (QED) is 0.515. The van der Waals surface area contributed by atoms with Crippen LogP contribution in [0.2, 0.25) is 0 Å². The lowest BCUT2D eigenvalue weighted by molar-refractivity contribution is 1.40. The molecule has 0 N–H and O–H groups in total. The van der Waals surface area contributed by atoms with Crippen LogP contribution in [0.4, 0.5) is 0 Å². The third kappa shape index (κ3) is 2.51. The zero-order valence-electron chi connectivity index (χ0n) is 5.07. The lowest BCUT2D eigenvalue weighted by Crippen LogP contribution is -1.78. The molecule has 0 saturated heterocycles. The Labute approximate surface area is 90.8 Å². The van der Waals surface area contributed by atoms with Crippen LogP contribution in [0.25, 0.3) is 0 Å². The topological polar surface area (TPSA) is 0 Å². The zero-order valence-corrected chi connectivity index (χ0v) is 10.4. The van der Waals surface area contributed by atoms with Crippen molar-refractivity contribution in [1.82, 2.24) is 0 Å². The Morgan fingerprint density at radius 2 is 2.00 bits per heavy atom. The van der Waals surface area contributed by atoms with E-state index in [1.54, 1.807) is 0 Å². The molecule has 0 fully saturated rings. The van der Waals surface area contributed by atoms with Crippen molar-refractivity contribution in [2.24, 2.45) is 0 Å². The van der Waals surface area contributed by atoms with Gasteiger partial charge in [0.05, 0.1) is 0 Å². The summed E-state index contributed by atoms with van der Waals surface area (Å²) in [6, 6.07) is 6.35. The average molecular weight is 376 g/mol. The fourth-order valence-electron chi connectivity index (χ4n) is 0.688. The molecule has 0 spiro atoms. The van der Waals surface area contributed by atoms with Crippen molar-refractivity contribution >= 4 is 54.5 Å². The number of benzene rings is 1. The van der Waals surface area contributed by atoms with Crippen LogP contribution in [-0.2, 0) is 5.33 Å². The number of rotatable bonds is 1. The van der Waals surface area contributed by atoms with Crippen molar-refractivity contribution in [3.05, 3.63) is 31.8 Å². The molecule has 0 aliphatic carbocycles. The SMILES string of the molecule is BrCc1cc(Br)cc(I)c1. The molecule has 10 heavy (non-hydrogen) atoms. The first-order chi connectivity index (χ1) is 4.72. The van der Waals surface area contributed by atoms with Crippen molar-refractivity contribution < 1.29 is 0 Å². The van der Waals surface area contributed by atoms with Crippen LogP contribution in [0.15, 0.2) is 22.7 Å². The third-order valence-electron chi connectivity index (χ3n) is 1.08. The van der Waals surface area contributed by atoms with E-state index >= 15 is 0 Å². The maximum Gasteiger partial charge on any atom is 0.0283 e. The first-order valence-corrected chi connectivity index (χ1v) is 5.72. The van der Waals surface area contributed by atoms with Crippen molar-refractivity contribution in [2.45, 2.75) is 5.33 Å². The summed E-state index contributed by atoms with van der Waals surface area (Å²) in [4.78, 5) is 0. The molecule has 0 radical (unpaired) electrons. The van der Waals surface area contributed by atoms with Gasteiger partial charge in [0, 0.05) is 13.4 Å². The van der Waals surface area contributed by atoms with Crippen molar-refractivity contribution in [3.63, 3.8) is 0 Å². The fraction of sp³-hybridized carbons (Fsp3) is 0.143. The minimum Gasteiger partial charge on any atom is -0.0876 e. The van der Waals surface area contributed by atoms with Gasteiger partial charge in [0.15, 0.2) is 0 Å². The van der Waals surface area contributed by atoms with E-state index in [-0.39, 0.29) is 0 Å². The zero-order chi connectivity index (χ0) is 7.56. The second-order valence-electron chi connectivity index (χ2n) is 1.91. The summed E-state index contributed by atoms with van der Waals surface area (Å²) < 4.78 is 2.41. The Bertz CT molecular complexity index is 215. The lowest BCUT2D eigenvalue weighted by Gasteiger charge is -1.97. The molecule has 0 aliphatic heterocycles. The van der Waals surface area contributed by atoms with E-state index in [2.05, 4.69) is 72.6 Å². The van der Waals surface area contributed by atoms with Crippen LogP contribution in [0, 0.1) is 3.57 Å². The minimum absolute atomic E-state index is 0.919. The molecule has 0 heterocycles. The average Bonchev–Trinajstić information content (AvgIpc) is 1.85. The Morgan fingerprint density at radius 3 is 2.50 bits per heavy atom. The highest BCUT2D eigenvalue weighted by Crippen LogP contribution is 2.18. The molecule has 3 heteroatoms. The van der Waals surface area contributed by atoms with Gasteiger partial charge in [0.1, 0.15) is 0 Å². The predicted octanol–water partition coefficient (Wildman–Crippen LogP) is 3.95. The number of hydrogen-bond acceptors (Lipinski definition) is 0. The summed E-state index contributed by atoms with van der Waals surface area (Å²) in [5.74, 6) is 0. The standard InChI is InChI=1S/C7H5Br2I/c8-4-5-1-6(9)3-7(10)2-5/h1-3H,4H2. The number of alkyl halides is 1.